The Kier molecular flexibility index (Phi) is 4.55. The van der Waals surface area contributed by atoms with Crippen LogP contribution >= 0.6 is 23.1 Å². The quantitative estimate of drug-likeness (QED) is 0.855. The van der Waals surface area contributed by atoms with Crippen molar-refractivity contribution in [3.8, 4) is 0 Å². The van der Waals surface area contributed by atoms with Gasteiger partial charge in [0.2, 0.25) is 5.91 Å². The van der Waals surface area contributed by atoms with Gasteiger partial charge in [-0.1, -0.05) is 0 Å². The third-order valence-corrected chi connectivity index (χ3v) is 6.51. The maximum absolute atomic E-state index is 12.8. The van der Waals surface area contributed by atoms with Crippen molar-refractivity contribution in [2.45, 2.75) is 25.4 Å². The molecular weight excluding hydrogens is 326 g/mol. The first kappa shape index (κ1) is 15.4. The van der Waals surface area contributed by atoms with Gasteiger partial charge in [0.1, 0.15) is 0 Å². The van der Waals surface area contributed by atoms with Crippen molar-refractivity contribution in [3.05, 3.63) is 29.3 Å². The molecule has 2 aliphatic heterocycles. The van der Waals surface area contributed by atoms with Crippen LogP contribution in [-0.2, 0) is 11.3 Å². The molecule has 4 rings (SSSR count). The maximum atomic E-state index is 12.8. The molecule has 4 heterocycles. The van der Waals surface area contributed by atoms with E-state index in [9.17, 15) is 4.79 Å². The Morgan fingerprint density at radius 3 is 3.04 bits per heavy atom. The summed E-state index contributed by atoms with van der Waals surface area (Å²) in [6.45, 7) is 3.68. The van der Waals surface area contributed by atoms with E-state index in [-0.39, 0.29) is 6.04 Å². The number of carbonyl (C=O) groups is 1. The number of thiophene rings is 1. The second-order valence-corrected chi connectivity index (χ2v) is 8.39. The number of fused-ring (bicyclic) bond motifs is 1. The number of hydrogen-bond donors (Lipinski definition) is 0. The van der Waals surface area contributed by atoms with Crippen molar-refractivity contribution in [1.82, 2.24) is 14.8 Å². The number of thioether (sulfide) groups is 1. The molecule has 0 spiro atoms. The molecule has 4 nitrogen and oxygen atoms in total. The van der Waals surface area contributed by atoms with E-state index in [1.165, 1.54) is 10.3 Å². The standard InChI is InChI=1S/C17H21N3OS2/c21-17(19-5-8-22-9-6-19)15-2-1-4-20(15)12-13-10-16-14(18-11-13)3-7-23-16/h3,7,10-11,15H,1-2,4-6,8-9,12H2/t15-/m1/s1. The average Bonchev–Trinajstić information content (AvgIpc) is 3.23. The van der Waals surface area contributed by atoms with Crippen molar-refractivity contribution in [1.29, 1.82) is 0 Å². The van der Waals surface area contributed by atoms with Crippen molar-refractivity contribution in [2.24, 2.45) is 0 Å². The number of hydrogen-bond acceptors (Lipinski definition) is 5. The largest absolute Gasteiger partial charge is 0.340 e. The minimum atomic E-state index is 0.0668. The molecule has 2 aromatic heterocycles. The molecule has 2 aliphatic rings. The Balaban J connectivity index is 1.47. The molecule has 0 radical (unpaired) electrons. The van der Waals surface area contributed by atoms with Crippen LogP contribution in [0.5, 0.6) is 0 Å². The molecule has 0 aromatic carbocycles. The molecule has 0 bridgehead atoms. The molecule has 1 amide bonds. The first-order chi connectivity index (χ1) is 11.3. The van der Waals surface area contributed by atoms with Crippen LogP contribution in [0, 0.1) is 0 Å². The Bertz CT molecular complexity index is 696. The first-order valence-corrected chi connectivity index (χ1v) is 10.3. The lowest BCUT2D eigenvalue weighted by molar-refractivity contribution is -0.135. The minimum Gasteiger partial charge on any atom is -0.340 e. The van der Waals surface area contributed by atoms with Gasteiger partial charge in [-0.05, 0) is 42.5 Å². The fraction of sp³-hybridized carbons (Fsp3) is 0.529. The molecule has 0 unspecified atom stereocenters. The topological polar surface area (TPSA) is 36.4 Å². The summed E-state index contributed by atoms with van der Waals surface area (Å²) in [5.74, 6) is 2.50. The predicted octanol–water partition coefficient (Wildman–Crippen LogP) is 2.84. The number of nitrogens with zero attached hydrogens (tertiary/aromatic N) is 3. The number of pyridine rings is 1. The summed E-state index contributed by atoms with van der Waals surface area (Å²) in [6.07, 6.45) is 4.08. The summed E-state index contributed by atoms with van der Waals surface area (Å²) in [7, 11) is 0. The molecule has 2 saturated heterocycles. The SMILES string of the molecule is O=C([C@H]1CCCN1Cc1cnc2ccsc2c1)N1CCSCC1. The molecule has 0 aliphatic carbocycles. The van der Waals surface area contributed by atoms with Gasteiger partial charge in [0.25, 0.3) is 0 Å². The number of aromatic nitrogens is 1. The number of amides is 1. The van der Waals surface area contributed by atoms with Crippen molar-refractivity contribution >= 4 is 39.2 Å². The van der Waals surface area contributed by atoms with Crippen LogP contribution in [0.25, 0.3) is 10.2 Å². The van der Waals surface area contributed by atoms with E-state index < -0.39 is 0 Å². The van der Waals surface area contributed by atoms with E-state index >= 15 is 0 Å². The minimum absolute atomic E-state index is 0.0668. The maximum Gasteiger partial charge on any atom is 0.239 e. The Morgan fingerprint density at radius 2 is 2.17 bits per heavy atom. The van der Waals surface area contributed by atoms with Crippen LogP contribution in [0.1, 0.15) is 18.4 Å². The zero-order chi connectivity index (χ0) is 15.6. The van der Waals surface area contributed by atoms with Crippen molar-refractivity contribution < 1.29 is 4.79 Å². The van der Waals surface area contributed by atoms with Crippen molar-refractivity contribution in [3.63, 3.8) is 0 Å². The lowest BCUT2D eigenvalue weighted by Crippen LogP contribution is -2.48. The lowest BCUT2D eigenvalue weighted by atomic mass is 10.1. The van der Waals surface area contributed by atoms with Crippen LogP contribution < -0.4 is 0 Å². The molecule has 2 fully saturated rings. The van der Waals surface area contributed by atoms with Gasteiger partial charge in [-0.25, -0.2) is 0 Å². The number of likely N-dealkylation sites (tertiary alicyclic amines) is 1. The summed E-state index contributed by atoms with van der Waals surface area (Å²) in [5, 5.41) is 2.08. The van der Waals surface area contributed by atoms with Crippen LogP contribution in [-0.4, -0.2) is 57.9 Å². The van der Waals surface area contributed by atoms with Crippen LogP contribution in [0.4, 0.5) is 0 Å². The van der Waals surface area contributed by atoms with E-state index in [0.29, 0.717) is 5.91 Å². The monoisotopic (exact) mass is 347 g/mol. The van der Waals surface area contributed by atoms with Crippen LogP contribution in [0.3, 0.4) is 0 Å². The Labute approximate surface area is 144 Å². The number of carbonyl (C=O) groups excluding carboxylic acids is 1. The Morgan fingerprint density at radius 1 is 1.30 bits per heavy atom. The van der Waals surface area contributed by atoms with E-state index in [1.807, 2.05) is 18.0 Å². The van der Waals surface area contributed by atoms with Gasteiger partial charge in [0, 0.05) is 37.3 Å². The molecule has 122 valence electrons. The van der Waals surface area contributed by atoms with Crippen LogP contribution in [0.15, 0.2) is 23.7 Å². The second-order valence-electron chi connectivity index (χ2n) is 6.21. The van der Waals surface area contributed by atoms with Gasteiger partial charge in [-0.2, -0.15) is 11.8 Å². The van der Waals surface area contributed by atoms with Gasteiger partial charge in [-0.15, -0.1) is 11.3 Å². The second kappa shape index (κ2) is 6.79. The fourth-order valence-electron chi connectivity index (χ4n) is 3.50. The summed E-state index contributed by atoms with van der Waals surface area (Å²) >= 11 is 3.68. The van der Waals surface area contributed by atoms with Gasteiger partial charge in [0.05, 0.1) is 16.3 Å². The Hall–Kier alpha value is -1.11. The van der Waals surface area contributed by atoms with Crippen molar-refractivity contribution in [2.75, 3.05) is 31.1 Å². The lowest BCUT2D eigenvalue weighted by Gasteiger charge is -2.32. The summed E-state index contributed by atoms with van der Waals surface area (Å²) in [4.78, 5) is 21.8. The molecule has 6 heteroatoms. The predicted molar refractivity (Wildman–Crippen MR) is 97.0 cm³/mol. The van der Waals surface area contributed by atoms with Gasteiger partial charge < -0.3 is 4.90 Å². The first-order valence-electron chi connectivity index (χ1n) is 8.24. The van der Waals surface area contributed by atoms with Crippen LogP contribution in [0.2, 0.25) is 0 Å². The highest BCUT2D eigenvalue weighted by atomic mass is 32.2. The third kappa shape index (κ3) is 3.25. The zero-order valence-electron chi connectivity index (χ0n) is 13.1. The zero-order valence-corrected chi connectivity index (χ0v) is 14.7. The highest BCUT2D eigenvalue weighted by Gasteiger charge is 2.34. The molecular formula is C17H21N3OS2. The van der Waals surface area contributed by atoms with E-state index in [0.717, 1.165) is 56.0 Å². The van der Waals surface area contributed by atoms with E-state index in [2.05, 4.69) is 32.3 Å². The summed E-state index contributed by atoms with van der Waals surface area (Å²) in [6, 6.07) is 4.35. The molecule has 2 aromatic rings. The summed E-state index contributed by atoms with van der Waals surface area (Å²) in [5.41, 5.74) is 2.28. The average molecular weight is 348 g/mol. The molecule has 23 heavy (non-hydrogen) atoms. The molecule has 0 N–H and O–H groups in total. The molecule has 1 atom stereocenters. The smallest absolute Gasteiger partial charge is 0.239 e. The highest BCUT2D eigenvalue weighted by Crippen LogP contribution is 2.25. The van der Waals surface area contributed by atoms with Gasteiger partial charge in [-0.3, -0.25) is 14.7 Å². The molecule has 0 saturated carbocycles. The fourth-order valence-corrected chi connectivity index (χ4v) is 5.21. The summed E-state index contributed by atoms with van der Waals surface area (Å²) < 4.78 is 1.23. The highest BCUT2D eigenvalue weighted by molar-refractivity contribution is 7.99. The van der Waals surface area contributed by atoms with E-state index in [1.54, 1.807) is 11.3 Å². The number of rotatable bonds is 3. The van der Waals surface area contributed by atoms with Gasteiger partial charge in [0.15, 0.2) is 0 Å². The van der Waals surface area contributed by atoms with E-state index in [4.69, 9.17) is 0 Å². The third-order valence-electron chi connectivity index (χ3n) is 4.72. The normalized spacial score (nSPS) is 22.8. The van der Waals surface area contributed by atoms with Gasteiger partial charge >= 0.3 is 0 Å².